The number of aromatic nitrogens is 4. The van der Waals surface area contributed by atoms with Crippen molar-refractivity contribution < 1.29 is 14.3 Å². The fourth-order valence-corrected chi connectivity index (χ4v) is 4.16. The zero-order valence-corrected chi connectivity index (χ0v) is 19.7. The third-order valence-electron chi connectivity index (χ3n) is 5.72. The second-order valence-electron chi connectivity index (χ2n) is 8.39. The van der Waals surface area contributed by atoms with Gasteiger partial charge in [-0.1, -0.05) is 19.9 Å². The van der Waals surface area contributed by atoms with E-state index in [1.807, 2.05) is 32.0 Å². The first kappa shape index (κ1) is 22.9. The summed E-state index contributed by atoms with van der Waals surface area (Å²) in [4.78, 5) is 42.0. The topological polar surface area (TPSA) is 109 Å². The van der Waals surface area contributed by atoms with Gasteiger partial charge in [-0.05, 0) is 35.2 Å². The smallest absolute Gasteiger partial charge is 0.332 e. The molecular formula is C22H26ClN5O5. The summed E-state index contributed by atoms with van der Waals surface area (Å²) in [5.74, 6) is 1.06. The summed E-state index contributed by atoms with van der Waals surface area (Å²) in [6.07, 6.45) is 0.805. The Labute approximate surface area is 194 Å². The van der Waals surface area contributed by atoms with Crippen molar-refractivity contribution in [2.24, 2.45) is 20.0 Å². The lowest BCUT2D eigenvalue weighted by atomic mass is 9.95. The summed E-state index contributed by atoms with van der Waals surface area (Å²) < 4.78 is 15.0. The first-order valence-corrected chi connectivity index (χ1v) is 11.1. The van der Waals surface area contributed by atoms with Gasteiger partial charge in [0.1, 0.15) is 6.54 Å². The van der Waals surface area contributed by atoms with E-state index < -0.39 is 11.2 Å². The Kier molecular flexibility index (Phi) is 6.20. The van der Waals surface area contributed by atoms with Gasteiger partial charge in [-0.2, -0.15) is 4.98 Å². The monoisotopic (exact) mass is 475 g/mol. The molecule has 0 aliphatic carbocycles. The highest BCUT2D eigenvalue weighted by Gasteiger charge is 2.24. The standard InChI is InChI=1S/C22H26ClN5O5/c1-12(2)17(13-6-7-14-15(10-13)33-9-5-8-32-14)24-16(29)11-28-18-19(25-21(28)23)26(3)22(31)27(4)20(18)30/h6-7,10,12,17H,5,8-9,11H2,1-4H3,(H,24,29)/t17-/m0/s1. The molecule has 0 saturated carbocycles. The number of rotatable bonds is 5. The number of ether oxygens (including phenoxy) is 2. The maximum atomic E-state index is 13.0. The van der Waals surface area contributed by atoms with Crippen LogP contribution in [-0.4, -0.2) is 37.8 Å². The van der Waals surface area contributed by atoms with Crippen LogP contribution >= 0.6 is 11.6 Å². The third kappa shape index (κ3) is 4.22. The maximum absolute atomic E-state index is 13.0. The molecule has 0 bridgehead atoms. The fraction of sp³-hybridized carbons (Fsp3) is 0.455. The van der Waals surface area contributed by atoms with Gasteiger partial charge in [0.2, 0.25) is 11.2 Å². The molecule has 4 rings (SSSR count). The quantitative estimate of drug-likeness (QED) is 0.563. The minimum atomic E-state index is -0.566. The zero-order valence-electron chi connectivity index (χ0n) is 18.9. The molecule has 1 atom stereocenters. The van der Waals surface area contributed by atoms with E-state index in [0.29, 0.717) is 24.7 Å². The molecule has 0 fully saturated rings. The van der Waals surface area contributed by atoms with Crippen LogP contribution in [0.4, 0.5) is 0 Å². The predicted octanol–water partition coefficient (Wildman–Crippen LogP) is 1.76. The van der Waals surface area contributed by atoms with E-state index in [1.165, 1.54) is 23.2 Å². The minimum Gasteiger partial charge on any atom is -0.490 e. The van der Waals surface area contributed by atoms with E-state index >= 15 is 0 Å². The van der Waals surface area contributed by atoms with Crippen molar-refractivity contribution >= 4 is 28.7 Å². The number of nitrogens with zero attached hydrogens (tertiary/aromatic N) is 4. The highest BCUT2D eigenvalue weighted by atomic mass is 35.5. The molecule has 1 amide bonds. The van der Waals surface area contributed by atoms with Gasteiger partial charge in [-0.25, -0.2) is 4.79 Å². The molecule has 1 aliphatic rings. The molecule has 11 heteroatoms. The lowest BCUT2D eigenvalue weighted by Crippen LogP contribution is -2.38. The molecule has 0 unspecified atom stereocenters. The number of hydrogen-bond acceptors (Lipinski definition) is 6. The van der Waals surface area contributed by atoms with Crippen LogP contribution in [0.15, 0.2) is 27.8 Å². The number of aryl methyl sites for hydroxylation is 1. The Morgan fingerprint density at radius 1 is 1.15 bits per heavy atom. The molecule has 176 valence electrons. The van der Waals surface area contributed by atoms with Crippen LogP contribution < -0.4 is 26.0 Å². The molecule has 10 nitrogen and oxygen atoms in total. The Balaban J connectivity index is 1.63. The number of imidazole rings is 1. The largest absolute Gasteiger partial charge is 0.490 e. The first-order chi connectivity index (χ1) is 15.7. The van der Waals surface area contributed by atoms with Crippen molar-refractivity contribution in [1.82, 2.24) is 24.0 Å². The summed E-state index contributed by atoms with van der Waals surface area (Å²) in [6, 6.07) is 5.33. The van der Waals surface area contributed by atoms with Crippen molar-refractivity contribution in [1.29, 1.82) is 0 Å². The lowest BCUT2D eigenvalue weighted by molar-refractivity contribution is -0.122. The third-order valence-corrected chi connectivity index (χ3v) is 6.01. The molecule has 3 heterocycles. The summed E-state index contributed by atoms with van der Waals surface area (Å²) in [5.41, 5.74) is 0.0132. The van der Waals surface area contributed by atoms with E-state index in [1.54, 1.807) is 0 Å². The van der Waals surface area contributed by atoms with Crippen molar-refractivity contribution in [3.05, 3.63) is 49.9 Å². The van der Waals surface area contributed by atoms with Crippen molar-refractivity contribution in [3.63, 3.8) is 0 Å². The Morgan fingerprint density at radius 2 is 1.85 bits per heavy atom. The van der Waals surface area contributed by atoms with Gasteiger partial charge >= 0.3 is 5.69 Å². The maximum Gasteiger partial charge on any atom is 0.332 e. The van der Waals surface area contributed by atoms with Gasteiger partial charge in [0.15, 0.2) is 22.7 Å². The van der Waals surface area contributed by atoms with Gasteiger partial charge in [-0.3, -0.25) is 23.3 Å². The number of carbonyl (C=O) groups excluding carboxylic acids is 1. The van der Waals surface area contributed by atoms with E-state index in [9.17, 15) is 14.4 Å². The van der Waals surface area contributed by atoms with Gasteiger partial charge in [0.05, 0.1) is 19.3 Å². The minimum absolute atomic E-state index is 0.0462. The molecule has 0 saturated heterocycles. The molecule has 1 N–H and O–H groups in total. The zero-order chi connectivity index (χ0) is 23.9. The Hall–Kier alpha value is -3.27. The molecule has 33 heavy (non-hydrogen) atoms. The van der Waals surface area contributed by atoms with E-state index in [0.717, 1.165) is 16.6 Å². The normalized spacial score (nSPS) is 14.4. The Bertz CT molecular complexity index is 1340. The highest BCUT2D eigenvalue weighted by molar-refractivity contribution is 6.29. The number of hydrogen-bond donors (Lipinski definition) is 1. The number of benzene rings is 1. The van der Waals surface area contributed by atoms with Crippen LogP contribution in [0.5, 0.6) is 11.5 Å². The summed E-state index contributed by atoms with van der Waals surface area (Å²) in [6.45, 7) is 4.94. The summed E-state index contributed by atoms with van der Waals surface area (Å²) >= 11 is 6.25. The van der Waals surface area contributed by atoms with Crippen molar-refractivity contribution in [2.75, 3.05) is 13.2 Å². The number of nitrogens with one attached hydrogen (secondary N) is 1. The number of fused-ring (bicyclic) bond motifs is 2. The molecule has 0 spiro atoms. The van der Waals surface area contributed by atoms with E-state index in [4.69, 9.17) is 21.1 Å². The van der Waals surface area contributed by atoms with E-state index in [2.05, 4.69) is 10.3 Å². The van der Waals surface area contributed by atoms with Crippen LogP contribution in [0.1, 0.15) is 31.9 Å². The fourth-order valence-electron chi connectivity index (χ4n) is 3.94. The highest BCUT2D eigenvalue weighted by Crippen LogP contribution is 2.34. The van der Waals surface area contributed by atoms with Crippen LogP contribution in [0.3, 0.4) is 0 Å². The first-order valence-electron chi connectivity index (χ1n) is 10.7. The van der Waals surface area contributed by atoms with Gasteiger partial charge < -0.3 is 14.8 Å². The van der Waals surface area contributed by atoms with Crippen LogP contribution in [0, 0.1) is 5.92 Å². The summed E-state index contributed by atoms with van der Waals surface area (Å²) in [7, 11) is 2.87. The number of amides is 1. The number of halogens is 1. The van der Waals surface area contributed by atoms with Gasteiger partial charge in [0.25, 0.3) is 5.56 Å². The SMILES string of the molecule is CC(C)[C@H](NC(=O)Cn1c(Cl)nc2c1c(=O)n(C)c(=O)n2C)c1ccc2c(c1)OCCCO2. The van der Waals surface area contributed by atoms with Crippen LogP contribution in [-0.2, 0) is 25.4 Å². The average molecular weight is 476 g/mol. The van der Waals surface area contributed by atoms with Gasteiger partial charge in [0, 0.05) is 20.5 Å². The lowest BCUT2D eigenvalue weighted by Gasteiger charge is -2.24. The predicted molar refractivity (Wildman–Crippen MR) is 123 cm³/mol. The van der Waals surface area contributed by atoms with E-state index in [-0.39, 0.29) is 40.9 Å². The summed E-state index contributed by atoms with van der Waals surface area (Å²) in [5, 5.41) is 2.98. The van der Waals surface area contributed by atoms with Crippen LogP contribution in [0.25, 0.3) is 11.2 Å². The molecule has 2 aromatic heterocycles. The second-order valence-corrected chi connectivity index (χ2v) is 8.73. The molecule has 1 aromatic carbocycles. The molecule has 1 aliphatic heterocycles. The van der Waals surface area contributed by atoms with Crippen molar-refractivity contribution in [2.45, 2.75) is 32.9 Å². The van der Waals surface area contributed by atoms with Gasteiger partial charge in [-0.15, -0.1) is 0 Å². The molecule has 0 radical (unpaired) electrons. The molecular weight excluding hydrogens is 450 g/mol. The van der Waals surface area contributed by atoms with Crippen molar-refractivity contribution in [3.8, 4) is 11.5 Å². The number of carbonyl (C=O) groups is 1. The van der Waals surface area contributed by atoms with Crippen LogP contribution in [0.2, 0.25) is 5.28 Å². The Morgan fingerprint density at radius 3 is 2.55 bits per heavy atom. The second kappa shape index (κ2) is 8.93. The average Bonchev–Trinajstić information content (AvgIpc) is 2.95. The molecule has 3 aromatic rings.